The smallest absolute Gasteiger partial charge is 0.188 e. The van der Waals surface area contributed by atoms with E-state index in [1.54, 1.807) is 14.2 Å². The highest BCUT2D eigenvalue weighted by Gasteiger charge is 2.21. The van der Waals surface area contributed by atoms with E-state index in [9.17, 15) is 0 Å². The van der Waals surface area contributed by atoms with Gasteiger partial charge in [-0.05, 0) is 47.1 Å². The fourth-order valence-corrected chi connectivity index (χ4v) is 5.43. The molecule has 0 aliphatic rings. The number of para-hydroxylation sites is 1. The van der Waals surface area contributed by atoms with Gasteiger partial charge in [-0.1, -0.05) is 84.8 Å². The summed E-state index contributed by atoms with van der Waals surface area (Å²) < 4.78 is 17.3. The summed E-state index contributed by atoms with van der Waals surface area (Å²) in [6.07, 6.45) is 0. The molecule has 0 radical (unpaired) electrons. The molecule has 1 atom stereocenters. The van der Waals surface area contributed by atoms with Gasteiger partial charge in [-0.15, -0.1) is 0 Å². The zero-order valence-corrected chi connectivity index (χ0v) is 21.3. The molecule has 0 aromatic heterocycles. The molecule has 0 spiro atoms. The third-order valence-electron chi connectivity index (χ3n) is 5.69. The van der Waals surface area contributed by atoms with Gasteiger partial charge in [0.1, 0.15) is 11.5 Å². The van der Waals surface area contributed by atoms with Gasteiger partial charge in [0.05, 0.1) is 7.11 Å². The van der Waals surface area contributed by atoms with Crippen LogP contribution in [0.1, 0.15) is 56.2 Å². The van der Waals surface area contributed by atoms with E-state index in [0.717, 1.165) is 22.4 Å². The number of benzene rings is 3. The van der Waals surface area contributed by atoms with Crippen LogP contribution >= 0.6 is 8.58 Å². The van der Waals surface area contributed by atoms with Gasteiger partial charge in [0.25, 0.3) is 0 Å². The number of ether oxygens (including phenoxy) is 3. The molecule has 1 unspecified atom stereocenters. The molecule has 0 N–H and O–H groups in total. The van der Waals surface area contributed by atoms with E-state index in [2.05, 4.69) is 77.1 Å². The molecule has 3 aromatic rings. The van der Waals surface area contributed by atoms with Gasteiger partial charge in [0.15, 0.2) is 6.79 Å². The summed E-state index contributed by atoms with van der Waals surface area (Å²) in [6.45, 7) is 11.4. The Morgan fingerprint density at radius 1 is 0.812 bits per heavy atom. The molecule has 0 amide bonds. The molecule has 0 heterocycles. The average molecular weight is 451 g/mol. The summed E-state index contributed by atoms with van der Waals surface area (Å²) in [7, 11) is 3.80. The Hall–Kier alpha value is -2.35. The Labute approximate surface area is 194 Å². The summed E-state index contributed by atoms with van der Waals surface area (Å²) in [5.41, 5.74) is 6.32. The third-order valence-corrected chi connectivity index (χ3v) is 7.25. The van der Waals surface area contributed by atoms with Crippen molar-refractivity contribution in [1.29, 1.82) is 0 Å². The van der Waals surface area contributed by atoms with Crippen molar-refractivity contribution in [3.8, 4) is 22.6 Å². The first-order chi connectivity index (χ1) is 15.4. The van der Waals surface area contributed by atoms with Gasteiger partial charge in [0.2, 0.25) is 0 Å². The first kappa shape index (κ1) is 24.3. The Morgan fingerprint density at radius 3 is 2.03 bits per heavy atom. The molecular formula is C28H35O3P. The molecule has 0 aliphatic heterocycles. The van der Waals surface area contributed by atoms with E-state index in [-0.39, 0.29) is 6.79 Å². The second-order valence-electron chi connectivity index (χ2n) is 8.63. The maximum absolute atomic E-state index is 6.27. The van der Waals surface area contributed by atoms with Crippen molar-refractivity contribution in [2.45, 2.75) is 46.5 Å². The average Bonchev–Trinajstić information content (AvgIpc) is 2.78. The minimum atomic E-state index is 0.209. The minimum Gasteiger partial charge on any atom is -0.496 e. The predicted octanol–water partition coefficient (Wildman–Crippen LogP) is 6.53. The van der Waals surface area contributed by atoms with Gasteiger partial charge in [-0.3, -0.25) is 0 Å². The van der Waals surface area contributed by atoms with Crippen LogP contribution < -0.4 is 20.1 Å². The molecule has 0 saturated carbocycles. The molecule has 0 fully saturated rings. The zero-order chi connectivity index (χ0) is 23.3. The van der Waals surface area contributed by atoms with Gasteiger partial charge in [0, 0.05) is 23.3 Å². The maximum atomic E-state index is 6.27. The first-order valence-electron chi connectivity index (χ1n) is 11.2. The van der Waals surface area contributed by atoms with Gasteiger partial charge >= 0.3 is 0 Å². The number of rotatable bonds is 9. The SMILES string of the molecule is COCOc1c(Pc2c(C)cccc2OC)cccc1-c1c(C(C)C)cccc1C(C)C. The topological polar surface area (TPSA) is 27.7 Å². The van der Waals surface area contributed by atoms with E-state index in [4.69, 9.17) is 14.2 Å². The van der Waals surface area contributed by atoms with Crippen LogP contribution in [-0.4, -0.2) is 21.0 Å². The summed E-state index contributed by atoms with van der Waals surface area (Å²) in [4.78, 5) is 0. The van der Waals surface area contributed by atoms with Crippen LogP contribution in [0.4, 0.5) is 0 Å². The quantitative estimate of drug-likeness (QED) is 0.274. The molecule has 3 nitrogen and oxygen atoms in total. The van der Waals surface area contributed by atoms with Crippen LogP contribution in [-0.2, 0) is 4.74 Å². The summed E-state index contributed by atoms with van der Waals surface area (Å²) in [6, 6.07) is 19.3. The van der Waals surface area contributed by atoms with Crippen LogP contribution in [0.25, 0.3) is 11.1 Å². The van der Waals surface area contributed by atoms with Crippen molar-refractivity contribution in [3.63, 3.8) is 0 Å². The van der Waals surface area contributed by atoms with E-state index in [1.165, 1.54) is 27.6 Å². The highest BCUT2D eigenvalue weighted by atomic mass is 31.1. The lowest BCUT2D eigenvalue weighted by molar-refractivity contribution is 0.0523. The number of hydrogen-bond acceptors (Lipinski definition) is 3. The van der Waals surface area contributed by atoms with E-state index in [1.807, 2.05) is 12.1 Å². The Kier molecular flexibility index (Phi) is 8.34. The Balaban J connectivity index is 2.25. The second-order valence-corrected chi connectivity index (χ2v) is 9.92. The third kappa shape index (κ3) is 5.17. The fraction of sp³-hybridized carbons (Fsp3) is 0.357. The highest BCUT2D eigenvalue weighted by Crippen LogP contribution is 2.41. The number of methoxy groups -OCH3 is 2. The lowest BCUT2D eigenvalue weighted by Crippen LogP contribution is -2.15. The van der Waals surface area contributed by atoms with Crippen LogP contribution in [0.3, 0.4) is 0 Å². The Bertz CT molecular complexity index is 1030. The van der Waals surface area contributed by atoms with E-state index >= 15 is 0 Å². The molecule has 170 valence electrons. The molecule has 4 heteroatoms. The molecule has 3 rings (SSSR count). The van der Waals surface area contributed by atoms with Crippen LogP contribution in [0.5, 0.6) is 11.5 Å². The fourth-order valence-electron chi connectivity index (χ4n) is 4.07. The maximum Gasteiger partial charge on any atom is 0.188 e. The first-order valence-corrected chi connectivity index (χ1v) is 12.2. The van der Waals surface area contributed by atoms with Gasteiger partial charge in [-0.25, -0.2) is 0 Å². The normalized spacial score (nSPS) is 11.7. The summed E-state index contributed by atoms with van der Waals surface area (Å²) in [5.74, 6) is 2.62. The van der Waals surface area contributed by atoms with E-state index < -0.39 is 0 Å². The minimum absolute atomic E-state index is 0.209. The predicted molar refractivity (Wildman–Crippen MR) is 138 cm³/mol. The standard InChI is InChI=1S/C28H35O3P/c1-18(2)21-12-9-13-22(19(3)4)26(21)23-14-10-16-25(27(23)31-17-29-6)32-28-20(5)11-8-15-24(28)30-7/h8-16,18-19,32H,17H2,1-7H3. The van der Waals surface area contributed by atoms with Crippen LogP contribution in [0, 0.1) is 6.92 Å². The lowest BCUT2D eigenvalue weighted by Gasteiger charge is -2.23. The van der Waals surface area contributed by atoms with Crippen LogP contribution in [0.15, 0.2) is 54.6 Å². The molecule has 0 saturated heterocycles. The summed E-state index contributed by atoms with van der Waals surface area (Å²) in [5, 5.41) is 2.36. The van der Waals surface area contributed by atoms with Crippen molar-refractivity contribution in [2.75, 3.05) is 21.0 Å². The second kappa shape index (κ2) is 11.0. The van der Waals surface area contributed by atoms with Crippen molar-refractivity contribution in [1.82, 2.24) is 0 Å². The number of hydrogen-bond donors (Lipinski definition) is 0. The number of aryl methyl sites for hydroxylation is 1. The van der Waals surface area contributed by atoms with Crippen molar-refractivity contribution >= 4 is 19.2 Å². The van der Waals surface area contributed by atoms with Gasteiger partial charge < -0.3 is 14.2 Å². The summed E-state index contributed by atoms with van der Waals surface area (Å²) >= 11 is 0. The Morgan fingerprint density at radius 2 is 1.44 bits per heavy atom. The molecular weight excluding hydrogens is 415 g/mol. The zero-order valence-electron chi connectivity index (χ0n) is 20.3. The molecule has 3 aromatic carbocycles. The van der Waals surface area contributed by atoms with E-state index in [0.29, 0.717) is 20.4 Å². The van der Waals surface area contributed by atoms with Crippen molar-refractivity contribution in [3.05, 3.63) is 71.3 Å². The highest BCUT2D eigenvalue weighted by molar-refractivity contribution is 7.56. The molecule has 0 bridgehead atoms. The van der Waals surface area contributed by atoms with Gasteiger partial charge in [-0.2, -0.15) is 0 Å². The van der Waals surface area contributed by atoms with Crippen molar-refractivity contribution < 1.29 is 14.2 Å². The van der Waals surface area contributed by atoms with Crippen LogP contribution in [0.2, 0.25) is 0 Å². The van der Waals surface area contributed by atoms with Crippen molar-refractivity contribution in [2.24, 2.45) is 0 Å². The monoisotopic (exact) mass is 450 g/mol. The lowest BCUT2D eigenvalue weighted by atomic mass is 9.85. The molecule has 0 aliphatic carbocycles. The largest absolute Gasteiger partial charge is 0.496 e. The molecule has 32 heavy (non-hydrogen) atoms.